The zero-order valence-electron chi connectivity index (χ0n) is 13.0. The summed E-state index contributed by atoms with van der Waals surface area (Å²) in [5.41, 5.74) is -0.142. The molecule has 2 fully saturated rings. The summed E-state index contributed by atoms with van der Waals surface area (Å²) < 4.78 is 0. The zero-order chi connectivity index (χ0) is 15.9. The van der Waals surface area contributed by atoms with E-state index in [9.17, 15) is 14.7 Å². The quantitative estimate of drug-likeness (QED) is 0.856. The van der Waals surface area contributed by atoms with Crippen LogP contribution in [0.15, 0.2) is 30.3 Å². The number of carbonyl (C=O) groups excluding carboxylic acids is 2. The van der Waals surface area contributed by atoms with E-state index in [0.717, 1.165) is 19.3 Å². The Morgan fingerprint density at radius 1 is 1.32 bits per heavy atom. The Kier molecular flexibility index (Phi) is 3.78. The molecule has 1 heterocycles. The highest BCUT2D eigenvalue weighted by atomic mass is 16.3. The first kappa shape index (κ1) is 15.2. The van der Waals surface area contributed by atoms with E-state index in [4.69, 9.17) is 0 Å². The van der Waals surface area contributed by atoms with E-state index < -0.39 is 11.9 Å². The second-order valence-corrected chi connectivity index (χ2v) is 6.45. The highest BCUT2D eigenvalue weighted by molar-refractivity contribution is 6.00. The van der Waals surface area contributed by atoms with Gasteiger partial charge in [-0.05, 0) is 32.7 Å². The summed E-state index contributed by atoms with van der Waals surface area (Å²) >= 11 is 0. The van der Waals surface area contributed by atoms with Crippen LogP contribution in [0.3, 0.4) is 0 Å². The molecule has 2 unspecified atom stereocenters. The lowest BCUT2D eigenvalue weighted by Crippen LogP contribution is -2.54. The van der Waals surface area contributed by atoms with Crippen molar-refractivity contribution in [3.05, 3.63) is 35.9 Å². The average molecular weight is 302 g/mol. The zero-order valence-corrected chi connectivity index (χ0v) is 13.0. The predicted octanol–water partition coefficient (Wildman–Crippen LogP) is 1.48. The summed E-state index contributed by atoms with van der Waals surface area (Å²) in [7, 11) is 1.76. The van der Waals surface area contributed by atoms with Gasteiger partial charge in [-0.2, -0.15) is 0 Å². The summed E-state index contributed by atoms with van der Waals surface area (Å²) in [6.45, 7) is 1.80. The van der Waals surface area contributed by atoms with Crippen LogP contribution in [0.25, 0.3) is 0 Å². The third-order valence-electron chi connectivity index (χ3n) is 5.36. The van der Waals surface area contributed by atoms with Gasteiger partial charge in [-0.1, -0.05) is 36.8 Å². The maximum absolute atomic E-state index is 12.8. The summed E-state index contributed by atoms with van der Waals surface area (Å²) in [6.07, 6.45) is 2.09. The van der Waals surface area contributed by atoms with Crippen LogP contribution in [-0.2, 0) is 4.79 Å². The van der Waals surface area contributed by atoms with Crippen molar-refractivity contribution < 1.29 is 14.7 Å². The highest BCUT2D eigenvalue weighted by Gasteiger charge is 2.57. The Hall–Kier alpha value is -1.72. The number of ketones is 1. The van der Waals surface area contributed by atoms with Crippen molar-refractivity contribution in [2.45, 2.75) is 38.1 Å². The molecule has 1 saturated heterocycles. The molecule has 0 radical (unpaired) electrons. The van der Waals surface area contributed by atoms with Crippen molar-refractivity contribution in [3.8, 4) is 0 Å². The number of likely N-dealkylation sites (N-methyl/N-ethyl adjacent to an activating group) is 1. The molecule has 1 aliphatic heterocycles. The van der Waals surface area contributed by atoms with Crippen molar-refractivity contribution in [1.82, 2.24) is 9.80 Å². The Morgan fingerprint density at radius 3 is 2.50 bits per heavy atom. The van der Waals surface area contributed by atoms with Gasteiger partial charge in [0, 0.05) is 5.56 Å². The van der Waals surface area contributed by atoms with Gasteiger partial charge in [-0.3, -0.25) is 14.5 Å². The molecule has 2 atom stereocenters. The van der Waals surface area contributed by atoms with E-state index in [2.05, 4.69) is 0 Å². The van der Waals surface area contributed by atoms with E-state index in [1.807, 2.05) is 13.0 Å². The van der Waals surface area contributed by atoms with Gasteiger partial charge in [-0.15, -0.1) is 0 Å². The summed E-state index contributed by atoms with van der Waals surface area (Å²) in [6, 6.07) is 8.88. The molecule has 5 nitrogen and oxygen atoms in total. The molecule has 1 amide bonds. The summed E-state index contributed by atoms with van der Waals surface area (Å²) in [5.74, 6) is -0.0350. The van der Waals surface area contributed by atoms with Crippen molar-refractivity contribution in [2.24, 2.45) is 5.92 Å². The molecule has 0 spiro atoms. The van der Waals surface area contributed by atoms with Crippen LogP contribution in [0.1, 0.15) is 36.5 Å². The van der Waals surface area contributed by atoms with Crippen LogP contribution in [0.4, 0.5) is 0 Å². The Morgan fingerprint density at radius 2 is 1.95 bits per heavy atom. The van der Waals surface area contributed by atoms with E-state index in [-0.39, 0.29) is 24.2 Å². The molecule has 22 heavy (non-hydrogen) atoms. The molecular formula is C17H22N2O3. The van der Waals surface area contributed by atoms with Gasteiger partial charge in [-0.25, -0.2) is 4.90 Å². The molecule has 1 aliphatic carbocycles. The van der Waals surface area contributed by atoms with E-state index >= 15 is 0 Å². The van der Waals surface area contributed by atoms with Crippen LogP contribution >= 0.6 is 0 Å². The lowest BCUT2D eigenvalue weighted by Gasteiger charge is -2.42. The number of hydrogen-bond donors (Lipinski definition) is 1. The van der Waals surface area contributed by atoms with Crippen molar-refractivity contribution in [1.29, 1.82) is 0 Å². The number of nitrogens with zero attached hydrogens (tertiary/aromatic N) is 2. The van der Waals surface area contributed by atoms with Crippen molar-refractivity contribution in [3.63, 3.8) is 0 Å². The predicted molar refractivity (Wildman–Crippen MR) is 82.0 cm³/mol. The second kappa shape index (κ2) is 5.48. The molecule has 1 N–H and O–H groups in total. The molecule has 0 bridgehead atoms. The molecule has 3 rings (SSSR count). The van der Waals surface area contributed by atoms with E-state index in [0.29, 0.717) is 5.56 Å². The largest absolute Gasteiger partial charge is 0.361 e. The third kappa shape index (κ3) is 2.16. The Bertz CT molecular complexity index is 585. The monoisotopic (exact) mass is 302 g/mol. The number of aliphatic hydroxyl groups is 1. The molecule has 0 aromatic heterocycles. The third-order valence-corrected chi connectivity index (χ3v) is 5.36. The van der Waals surface area contributed by atoms with Gasteiger partial charge in [0.05, 0.1) is 6.54 Å². The fraction of sp³-hybridized carbons (Fsp3) is 0.529. The lowest BCUT2D eigenvalue weighted by molar-refractivity contribution is -0.137. The van der Waals surface area contributed by atoms with Crippen LogP contribution in [0.5, 0.6) is 0 Å². The Labute approximate surface area is 130 Å². The number of Topliss-reactive ketones (excluding diaryl/α,β-unsaturated/α-hetero) is 1. The number of amides is 1. The topological polar surface area (TPSA) is 60.9 Å². The van der Waals surface area contributed by atoms with Crippen molar-refractivity contribution >= 4 is 11.7 Å². The average Bonchev–Trinajstić information content (AvgIpc) is 2.62. The fourth-order valence-corrected chi connectivity index (χ4v) is 3.45. The van der Waals surface area contributed by atoms with Gasteiger partial charge in [0.1, 0.15) is 5.54 Å². The molecule has 1 aromatic carbocycles. The molecule has 1 aromatic rings. The maximum atomic E-state index is 12.8. The molecular weight excluding hydrogens is 280 g/mol. The smallest absolute Gasteiger partial charge is 0.246 e. The molecule has 2 aliphatic rings. The van der Waals surface area contributed by atoms with Crippen LogP contribution < -0.4 is 0 Å². The second-order valence-electron chi connectivity index (χ2n) is 6.45. The summed E-state index contributed by atoms with van der Waals surface area (Å²) in [4.78, 5) is 28.2. The highest BCUT2D eigenvalue weighted by Crippen LogP contribution is 2.44. The minimum Gasteiger partial charge on any atom is -0.361 e. The van der Waals surface area contributed by atoms with Crippen LogP contribution in [0, 0.1) is 5.92 Å². The number of benzene rings is 1. The molecule has 5 heteroatoms. The molecule has 118 valence electrons. The first-order chi connectivity index (χ1) is 10.5. The lowest BCUT2D eigenvalue weighted by atomic mass is 9.71. The minimum absolute atomic E-state index is 0.0866. The van der Waals surface area contributed by atoms with Gasteiger partial charge >= 0.3 is 0 Å². The maximum Gasteiger partial charge on any atom is 0.246 e. The number of carbonyl (C=O) groups is 2. The summed E-state index contributed by atoms with van der Waals surface area (Å²) in [5, 5.41) is 10.4. The van der Waals surface area contributed by atoms with Crippen LogP contribution in [-0.4, -0.2) is 52.1 Å². The standard InChI is InChI=1S/C17H22N2O3/c1-17(13-9-6-10-13)15(21)19(16(22)18(17)2)11-14(20)12-7-4-3-5-8-12/h3-5,7-8,13,16,22H,6,9-11H2,1-2H3. The first-order valence-corrected chi connectivity index (χ1v) is 7.76. The Balaban J connectivity index is 1.79. The number of rotatable bonds is 4. The first-order valence-electron chi connectivity index (χ1n) is 7.76. The van der Waals surface area contributed by atoms with E-state index in [1.54, 1.807) is 36.2 Å². The SMILES string of the molecule is CN1C(O)N(CC(=O)c2ccccc2)C(=O)C1(C)C1CCC1. The molecule has 1 saturated carbocycles. The minimum atomic E-state index is -1.04. The normalized spacial score (nSPS) is 29.7. The van der Waals surface area contributed by atoms with Gasteiger partial charge in [0.15, 0.2) is 12.1 Å². The number of hydrogen-bond acceptors (Lipinski definition) is 4. The van der Waals surface area contributed by atoms with E-state index in [1.165, 1.54) is 4.90 Å². The van der Waals surface area contributed by atoms with Gasteiger partial charge in [0.25, 0.3) is 0 Å². The van der Waals surface area contributed by atoms with Crippen LogP contribution in [0.2, 0.25) is 0 Å². The van der Waals surface area contributed by atoms with Crippen molar-refractivity contribution in [2.75, 3.05) is 13.6 Å². The number of aliphatic hydroxyl groups excluding tert-OH is 1. The van der Waals surface area contributed by atoms with Gasteiger partial charge in [0.2, 0.25) is 5.91 Å². The van der Waals surface area contributed by atoms with Gasteiger partial charge < -0.3 is 5.11 Å². The fourth-order valence-electron chi connectivity index (χ4n) is 3.45.